The van der Waals surface area contributed by atoms with Crippen LogP contribution in [0, 0.1) is 6.92 Å². The van der Waals surface area contributed by atoms with E-state index < -0.39 is 0 Å². The summed E-state index contributed by atoms with van der Waals surface area (Å²) in [6, 6.07) is 8.33. The first kappa shape index (κ1) is 15.3. The fourth-order valence-electron chi connectivity index (χ4n) is 3.66. The van der Waals surface area contributed by atoms with Crippen LogP contribution in [0.15, 0.2) is 36.7 Å². The molecule has 1 aliphatic heterocycles. The van der Waals surface area contributed by atoms with E-state index in [9.17, 15) is 0 Å². The molecule has 124 valence electrons. The smallest absolute Gasteiger partial charge is 0.123 e. The number of fused-ring (bicyclic) bond motifs is 1. The van der Waals surface area contributed by atoms with E-state index >= 15 is 0 Å². The molecule has 0 spiro atoms. The zero-order chi connectivity index (χ0) is 16.5. The summed E-state index contributed by atoms with van der Waals surface area (Å²) in [7, 11) is 2.11. The van der Waals surface area contributed by atoms with Crippen LogP contribution in [0.1, 0.15) is 36.0 Å². The minimum Gasteiger partial charge on any atom is -0.330 e. The Morgan fingerprint density at radius 2 is 2.04 bits per heavy atom. The molecule has 0 amide bonds. The van der Waals surface area contributed by atoms with Crippen molar-refractivity contribution in [1.29, 1.82) is 0 Å². The molecule has 0 radical (unpaired) electrons. The summed E-state index contributed by atoms with van der Waals surface area (Å²) in [5.74, 6) is 1.60. The standard InChI is InChI=1S/C19H23N5/c1-14-10-20-11-17(21-14)15-6-5-9-24(12-15)13-19-22-16-7-3-4-8-18(16)23(19)2/h3-4,7-8,10-11,15H,5-6,9,12-13H2,1-2H3/t15-/m0/s1. The Hall–Kier alpha value is -2.27. The van der Waals surface area contributed by atoms with Crippen molar-refractivity contribution in [3.05, 3.63) is 53.9 Å². The van der Waals surface area contributed by atoms with Gasteiger partial charge in [-0.3, -0.25) is 14.9 Å². The van der Waals surface area contributed by atoms with Gasteiger partial charge in [-0.1, -0.05) is 12.1 Å². The highest BCUT2D eigenvalue weighted by atomic mass is 15.2. The van der Waals surface area contributed by atoms with E-state index in [1.807, 2.05) is 25.4 Å². The molecule has 0 N–H and O–H groups in total. The van der Waals surface area contributed by atoms with Gasteiger partial charge in [-0.15, -0.1) is 0 Å². The fourth-order valence-corrected chi connectivity index (χ4v) is 3.66. The van der Waals surface area contributed by atoms with Crippen LogP contribution in [0.3, 0.4) is 0 Å². The zero-order valence-electron chi connectivity index (χ0n) is 14.3. The van der Waals surface area contributed by atoms with Crippen LogP contribution in [-0.4, -0.2) is 37.5 Å². The third-order valence-electron chi connectivity index (χ3n) is 4.94. The topological polar surface area (TPSA) is 46.8 Å². The van der Waals surface area contributed by atoms with Crippen molar-refractivity contribution in [2.24, 2.45) is 7.05 Å². The maximum absolute atomic E-state index is 4.81. The first-order chi connectivity index (χ1) is 11.7. The molecular weight excluding hydrogens is 298 g/mol. The highest BCUT2D eigenvalue weighted by Gasteiger charge is 2.24. The molecule has 4 rings (SSSR count). The monoisotopic (exact) mass is 321 g/mol. The number of para-hydroxylation sites is 2. The number of hydrogen-bond donors (Lipinski definition) is 0. The minimum atomic E-state index is 0.473. The third kappa shape index (κ3) is 2.91. The number of rotatable bonds is 3. The molecule has 2 aromatic heterocycles. The molecule has 1 saturated heterocycles. The van der Waals surface area contributed by atoms with Gasteiger partial charge < -0.3 is 4.57 Å². The van der Waals surface area contributed by atoms with E-state index in [0.717, 1.165) is 42.4 Å². The lowest BCUT2D eigenvalue weighted by molar-refractivity contribution is 0.192. The molecule has 1 aromatic carbocycles. The molecule has 24 heavy (non-hydrogen) atoms. The van der Waals surface area contributed by atoms with Gasteiger partial charge >= 0.3 is 0 Å². The van der Waals surface area contributed by atoms with Gasteiger partial charge in [-0.25, -0.2) is 4.98 Å². The van der Waals surface area contributed by atoms with Crippen molar-refractivity contribution in [2.45, 2.75) is 32.2 Å². The Labute approximate surface area is 142 Å². The summed E-state index contributed by atoms with van der Waals surface area (Å²) >= 11 is 0. The number of benzene rings is 1. The van der Waals surface area contributed by atoms with Crippen LogP contribution in [0.2, 0.25) is 0 Å². The number of piperidine rings is 1. The first-order valence-corrected chi connectivity index (χ1v) is 8.62. The van der Waals surface area contributed by atoms with Gasteiger partial charge in [0.05, 0.1) is 29.0 Å². The van der Waals surface area contributed by atoms with Gasteiger partial charge in [-0.05, 0) is 38.4 Å². The lowest BCUT2D eigenvalue weighted by Gasteiger charge is -2.32. The minimum absolute atomic E-state index is 0.473. The van der Waals surface area contributed by atoms with Gasteiger partial charge in [0.25, 0.3) is 0 Å². The average Bonchev–Trinajstić information content (AvgIpc) is 2.91. The second kappa shape index (κ2) is 6.32. The van der Waals surface area contributed by atoms with Crippen LogP contribution in [0.4, 0.5) is 0 Å². The SMILES string of the molecule is Cc1cncc([C@H]2CCCN(Cc3nc4ccccc4n3C)C2)n1. The molecule has 0 saturated carbocycles. The summed E-state index contributed by atoms with van der Waals surface area (Å²) in [6.45, 7) is 5.05. The molecule has 1 atom stereocenters. The summed E-state index contributed by atoms with van der Waals surface area (Å²) in [5, 5.41) is 0. The Kier molecular flexibility index (Phi) is 4.02. The number of imidazole rings is 1. The lowest BCUT2D eigenvalue weighted by Crippen LogP contribution is -2.35. The predicted molar refractivity (Wildman–Crippen MR) is 94.7 cm³/mol. The number of aryl methyl sites for hydroxylation is 2. The average molecular weight is 321 g/mol. The molecule has 0 aliphatic carbocycles. The van der Waals surface area contributed by atoms with E-state index in [1.165, 1.54) is 18.4 Å². The fraction of sp³-hybridized carbons (Fsp3) is 0.421. The molecule has 5 heteroatoms. The van der Waals surface area contributed by atoms with Crippen molar-refractivity contribution in [3.63, 3.8) is 0 Å². The quantitative estimate of drug-likeness (QED) is 0.744. The van der Waals surface area contributed by atoms with Crippen LogP contribution in [0.25, 0.3) is 11.0 Å². The highest BCUT2D eigenvalue weighted by molar-refractivity contribution is 5.75. The van der Waals surface area contributed by atoms with Gasteiger partial charge in [0, 0.05) is 31.9 Å². The highest BCUT2D eigenvalue weighted by Crippen LogP contribution is 2.26. The second-order valence-electron chi connectivity index (χ2n) is 6.74. The van der Waals surface area contributed by atoms with Crippen LogP contribution in [-0.2, 0) is 13.6 Å². The summed E-state index contributed by atoms with van der Waals surface area (Å²) in [6.07, 6.45) is 6.14. The van der Waals surface area contributed by atoms with Gasteiger partial charge in [0.1, 0.15) is 5.82 Å². The number of nitrogens with zero attached hydrogens (tertiary/aromatic N) is 5. The Balaban J connectivity index is 1.53. The van der Waals surface area contributed by atoms with E-state index in [1.54, 1.807) is 0 Å². The van der Waals surface area contributed by atoms with Crippen LogP contribution >= 0.6 is 0 Å². The van der Waals surface area contributed by atoms with Gasteiger partial charge in [-0.2, -0.15) is 0 Å². The van der Waals surface area contributed by atoms with Crippen molar-refractivity contribution in [1.82, 2.24) is 24.4 Å². The number of aromatic nitrogens is 4. The molecule has 5 nitrogen and oxygen atoms in total. The largest absolute Gasteiger partial charge is 0.330 e. The predicted octanol–water partition coefficient (Wildman–Crippen LogP) is 3.05. The molecule has 1 aliphatic rings. The summed E-state index contributed by atoms with van der Waals surface area (Å²) in [5.41, 5.74) is 4.41. The van der Waals surface area contributed by atoms with Crippen molar-refractivity contribution >= 4 is 11.0 Å². The summed E-state index contributed by atoms with van der Waals surface area (Å²) < 4.78 is 2.21. The van der Waals surface area contributed by atoms with Gasteiger partial charge in [0.15, 0.2) is 0 Å². The molecule has 0 bridgehead atoms. The molecule has 1 fully saturated rings. The van der Waals surface area contributed by atoms with E-state index in [2.05, 4.69) is 44.7 Å². The maximum Gasteiger partial charge on any atom is 0.123 e. The maximum atomic E-state index is 4.81. The van der Waals surface area contributed by atoms with Crippen LogP contribution in [0.5, 0.6) is 0 Å². The van der Waals surface area contributed by atoms with Crippen molar-refractivity contribution in [2.75, 3.05) is 13.1 Å². The van der Waals surface area contributed by atoms with E-state index in [0.29, 0.717) is 5.92 Å². The van der Waals surface area contributed by atoms with Crippen LogP contribution < -0.4 is 0 Å². The van der Waals surface area contributed by atoms with Crippen molar-refractivity contribution < 1.29 is 0 Å². The normalized spacial score (nSPS) is 19.0. The molecule has 3 heterocycles. The molecular formula is C19H23N5. The first-order valence-electron chi connectivity index (χ1n) is 8.62. The molecule has 0 unspecified atom stereocenters. The molecule has 3 aromatic rings. The summed E-state index contributed by atoms with van der Waals surface area (Å²) in [4.78, 5) is 16.3. The number of likely N-dealkylation sites (tertiary alicyclic amines) is 1. The number of hydrogen-bond acceptors (Lipinski definition) is 4. The lowest BCUT2D eigenvalue weighted by atomic mass is 9.95. The Bertz CT molecular complexity index is 854. The zero-order valence-corrected chi connectivity index (χ0v) is 14.3. The Morgan fingerprint density at radius 1 is 1.17 bits per heavy atom. The second-order valence-corrected chi connectivity index (χ2v) is 6.74. The van der Waals surface area contributed by atoms with Gasteiger partial charge in [0.2, 0.25) is 0 Å². The van der Waals surface area contributed by atoms with Crippen molar-refractivity contribution in [3.8, 4) is 0 Å². The Morgan fingerprint density at radius 3 is 2.88 bits per heavy atom. The van der Waals surface area contributed by atoms with E-state index in [4.69, 9.17) is 4.98 Å². The third-order valence-corrected chi connectivity index (χ3v) is 4.94. The van der Waals surface area contributed by atoms with E-state index in [-0.39, 0.29) is 0 Å².